The summed E-state index contributed by atoms with van der Waals surface area (Å²) >= 11 is 11.7. The van der Waals surface area contributed by atoms with Crippen molar-refractivity contribution in [3.05, 3.63) is 45.9 Å². The Balaban J connectivity index is 1.69. The number of amides is 1. The normalized spacial score (nSPS) is 13.2. The van der Waals surface area contributed by atoms with Gasteiger partial charge >= 0.3 is 6.18 Å². The molecule has 0 radical (unpaired) electrons. The molecule has 0 unspecified atom stereocenters. The summed E-state index contributed by atoms with van der Waals surface area (Å²) in [7, 11) is 0. The van der Waals surface area contributed by atoms with Crippen LogP contribution in [0, 0.1) is 0 Å². The summed E-state index contributed by atoms with van der Waals surface area (Å²) in [5, 5.41) is 5.19. The van der Waals surface area contributed by atoms with Crippen molar-refractivity contribution < 1.29 is 27.4 Å². The van der Waals surface area contributed by atoms with Gasteiger partial charge in [0.2, 0.25) is 5.91 Å². The molecule has 0 fully saturated rings. The van der Waals surface area contributed by atoms with Gasteiger partial charge in [0.25, 0.3) is 0 Å². The van der Waals surface area contributed by atoms with Crippen LogP contribution in [0.4, 0.5) is 24.5 Å². The number of hydrogen-bond donors (Lipinski definition) is 2. The number of carbonyl (C=O) groups excluding carboxylic acids is 1. The Bertz CT molecular complexity index is 875. The van der Waals surface area contributed by atoms with Gasteiger partial charge in [-0.15, -0.1) is 0 Å². The highest BCUT2D eigenvalue weighted by Crippen LogP contribution is 2.38. The molecule has 0 saturated heterocycles. The van der Waals surface area contributed by atoms with E-state index in [0.29, 0.717) is 30.4 Å². The van der Waals surface area contributed by atoms with E-state index in [0.717, 1.165) is 12.1 Å². The summed E-state index contributed by atoms with van der Waals surface area (Å²) in [6.45, 7) is 0.478. The summed E-state index contributed by atoms with van der Waals surface area (Å²) in [4.78, 5) is 12.1. The number of hydrogen-bond acceptors (Lipinski definition) is 4. The third-order valence-corrected chi connectivity index (χ3v) is 4.18. The van der Waals surface area contributed by atoms with Crippen LogP contribution >= 0.6 is 23.2 Å². The lowest BCUT2D eigenvalue weighted by atomic mass is 10.1. The van der Waals surface area contributed by atoms with Crippen molar-refractivity contribution in [2.24, 2.45) is 0 Å². The van der Waals surface area contributed by atoms with Crippen molar-refractivity contribution in [1.29, 1.82) is 0 Å². The highest BCUT2D eigenvalue weighted by Gasteiger charge is 2.34. The van der Waals surface area contributed by atoms with Crippen LogP contribution in [0.3, 0.4) is 0 Å². The molecule has 1 heterocycles. The number of alkyl halides is 3. The van der Waals surface area contributed by atoms with E-state index >= 15 is 0 Å². The van der Waals surface area contributed by atoms with Crippen molar-refractivity contribution in [3.63, 3.8) is 0 Å². The minimum atomic E-state index is -4.65. The Morgan fingerprint density at radius 2 is 1.70 bits per heavy atom. The van der Waals surface area contributed by atoms with Gasteiger partial charge in [0.15, 0.2) is 11.5 Å². The first-order valence-corrected chi connectivity index (χ1v) is 8.49. The number of carbonyl (C=O) groups is 1. The molecule has 2 aromatic carbocycles. The highest BCUT2D eigenvalue weighted by atomic mass is 35.5. The molecule has 1 aliphatic heterocycles. The standard InChI is InChI=1S/C17H13Cl2F3N2O3/c18-9-1-2-12(10(5-9)17(20,21)22)24-16(25)8-23-13-7-15-14(6-11(13)19)26-3-4-27-15/h1-2,5-7,23H,3-4,8H2,(H,24,25). The van der Waals surface area contributed by atoms with Gasteiger partial charge in [-0.2, -0.15) is 13.2 Å². The van der Waals surface area contributed by atoms with Gasteiger partial charge in [0, 0.05) is 17.2 Å². The molecule has 0 spiro atoms. The van der Waals surface area contributed by atoms with Crippen LogP contribution in [0.25, 0.3) is 0 Å². The van der Waals surface area contributed by atoms with Gasteiger partial charge in [-0.3, -0.25) is 4.79 Å². The lowest BCUT2D eigenvalue weighted by molar-refractivity contribution is -0.137. The predicted molar refractivity (Wildman–Crippen MR) is 96.0 cm³/mol. The first kappa shape index (κ1) is 19.4. The zero-order chi connectivity index (χ0) is 19.6. The third-order valence-electron chi connectivity index (χ3n) is 3.63. The molecule has 27 heavy (non-hydrogen) atoms. The van der Waals surface area contributed by atoms with Crippen molar-refractivity contribution in [1.82, 2.24) is 0 Å². The third kappa shape index (κ3) is 4.70. The topological polar surface area (TPSA) is 59.6 Å². The Kier molecular flexibility index (Phi) is 5.57. The summed E-state index contributed by atoms with van der Waals surface area (Å²) in [5.74, 6) is 0.261. The Labute approximate surface area is 162 Å². The fourth-order valence-electron chi connectivity index (χ4n) is 2.43. The van der Waals surface area contributed by atoms with E-state index in [4.69, 9.17) is 32.7 Å². The van der Waals surface area contributed by atoms with E-state index in [1.165, 1.54) is 12.1 Å². The van der Waals surface area contributed by atoms with Gasteiger partial charge in [-0.05, 0) is 18.2 Å². The zero-order valence-corrected chi connectivity index (χ0v) is 15.1. The highest BCUT2D eigenvalue weighted by molar-refractivity contribution is 6.33. The molecule has 0 aliphatic carbocycles. The molecule has 10 heteroatoms. The van der Waals surface area contributed by atoms with E-state index in [2.05, 4.69) is 10.6 Å². The van der Waals surface area contributed by atoms with E-state index in [1.54, 1.807) is 6.07 Å². The van der Waals surface area contributed by atoms with Gasteiger partial charge in [0.05, 0.1) is 28.5 Å². The van der Waals surface area contributed by atoms with Crippen LogP contribution in [0.15, 0.2) is 30.3 Å². The van der Waals surface area contributed by atoms with Crippen molar-refractivity contribution >= 4 is 40.5 Å². The molecule has 1 amide bonds. The van der Waals surface area contributed by atoms with Crippen LogP contribution in [0.1, 0.15) is 5.56 Å². The van der Waals surface area contributed by atoms with Crippen LogP contribution in [0.5, 0.6) is 11.5 Å². The number of rotatable bonds is 4. The molecule has 0 saturated carbocycles. The second-order valence-corrected chi connectivity index (χ2v) is 6.41. The minimum absolute atomic E-state index is 0.0819. The second-order valence-electron chi connectivity index (χ2n) is 5.57. The Hall–Kier alpha value is -2.32. The van der Waals surface area contributed by atoms with Crippen molar-refractivity contribution in [3.8, 4) is 11.5 Å². The van der Waals surface area contributed by atoms with Crippen LogP contribution in [0.2, 0.25) is 10.0 Å². The fourth-order valence-corrected chi connectivity index (χ4v) is 2.82. The maximum Gasteiger partial charge on any atom is 0.418 e. The zero-order valence-electron chi connectivity index (χ0n) is 13.6. The van der Waals surface area contributed by atoms with E-state index < -0.39 is 17.6 Å². The molecule has 2 aromatic rings. The monoisotopic (exact) mass is 420 g/mol. The second kappa shape index (κ2) is 7.74. The SMILES string of the molecule is O=C(CNc1cc2c(cc1Cl)OCCO2)Nc1ccc(Cl)cc1C(F)(F)F. The molecule has 0 aromatic heterocycles. The summed E-state index contributed by atoms with van der Waals surface area (Å²) < 4.78 is 50.0. The summed E-state index contributed by atoms with van der Waals surface area (Å²) in [5.41, 5.74) is -1.02. The van der Waals surface area contributed by atoms with Crippen molar-refractivity contribution in [2.45, 2.75) is 6.18 Å². The predicted octanol–water partition coefficient (Wildman–Crippen LogP) is 4.83. The molecule has 144 valence electrons. The molecule has 0 bridgehead atoms. The van der Waals surface area contributed by atoms with Crippen LogP contribution < -0.4 is 20.1 Å². The number of halogens is 5. The largest absolute Gasteiger partial charge is 0.486 e. The summed E-state index contributed by atoms with van der Waals surface area (Å²) in [6.07, 6.45) is -4.65. The maximum absolute atomic E-state index is 13.1. The van der Waals surface area contributed by atoms with Gasteiger partial charge in [-0.1, -0.05) is 23.2 Å². The van der Waals surface area contributed by atoms with Gasteiger partial charge in [-0.25, -0.2) is 0 Å². The fraction of sp³-hybridized carbons (Fsp3) is 0.235. The lowest BCUT2D eigenvalue weighted by Gasteiger charge is -2.20. The van der Waals surface area contributed by atoms with E-state index in [1.807, 2.05) is 0 Å². The van der Waals surface area contributed by atoms with Crippen LogP contribution in [-0.2, 0) is 11.0 Å². The lowest BCUT2D eigenvalue weighted by Crippen LogP contribution is -2.24. The average molecular weight is 421 g/mol. The minimum Gasteiger partial charge on any atom is -0.486 e. The van der Waals surface area contributed by atoms with Gasteiger partial charge < -0.3 is 20.1 Å². The van der Waals surface area contributed by atoms with E-state index in [9.17, 15) is 18.0 Å². The molecule has 1 aliphatic rings. The molecular weight excluding hydrogens is 408 g/mol. The number of fused-ring (bicyclic) bond motifs is 1. The van der Waals surface area contributed by atoms with Crippen LogP contribution in [-0.4, -0.2) is 25.7 Å². The molecule has 3 rings (SSSR count). The molecule has 2 N–H and O–H groups in total. The van der Waals surface area contributed by atoms with E-state index in [-0.39, 0.29) is 22.3 Å². The number of nitrogens with one attached hydrogen (secondary N) is 2. The smallest absolute Gasteiger partial charge is 0.418 e. The average Bonchev–Trinajstić information content (AvgIpc) is 2.60. The molecular formula is C17H13Cl2F3N2O3. The molecule has 5 nitrogen and oxygen atoms in total. The maximum atomic E-state index is 13.1. The first-order valence-electron chi connectivity index (χ1n) is 7.73. The molecule has 0 atom stereocenters. The Morgan fingerprint density at radius 1 is 1.04 bits per heavy atom. The number of anilines is 2. The first-order chi connectivity index (χ1) is 12.7. The quantitative estimate of drug-likeness (QED) is 0.743. The summed E-state index contributed by atoms with van der Waals surface area (Å²) in [6, 6.07) is 6.21. The number of benzene rings is 2. The Morgan fingerprint density at radius 3 is 2.37 bits per heavy atom. The van der Waals surface area contributed by atoms with Gasteiger partial charge in [0.1, 0.15) is 13.2 Å². The van der Waals surface area contributed by atoms with Crippen molar-refractivity contribution in [2.75, 3.05) is 30.4 Å². The number of ether oxygens (including phenoxy) is 2.